The summed E-state index contributed by atoms with van der Waals surface area (Å²) in [5.41, 5.74) is 6.00. The van der Waals surface area contributed by atoms with Crippen molar-refractivity contribution in [3.05, 3.63) is 0 Å². The second-order valence-electron chi connectivity index (χ2n) is 5.93. The summed E-state index contributed by atoms with van der Waals surface area (Å²) in [6.45, 7) is 8.81. The van der Waals surface area contributed by atoms with E-state index in [0.29, 0.717) is 6.04 Å². The molecule has 2 N–H and O–H groups in total. The van der Waals surface area contributed by atoms with Crippen molar-refractivity contribution in [2.75, 3.05) is 40.3 Å². The predicted molar refractivity (Wildman–Crippen MR) is 86.6 cm³/mol. The topological polar surface area (TPSA) is 32.5 Å². The van der Waals surface area contributed by atoms with Gasteiger partial charge >= 0.3 is 0 Å². The molecule has 0 rings (SSSR count). The van der Waals surface area contributed by atoms with Gasteiger partial charge in [0.05, 0.1) is 0 Å². The van der Waals surface area contributed by atoms with Gasteiger partial charge in [-0.25, -0.2) is 0 Å². The number of unbranched alkanes of at least 4 members (excludes halogenated alkanes) is 4. The van der Waals surface area contributed by atoms with E-state index in [9.17, 15) is 0 Å². The number of likely N-dealkylation sites (N-methyl/N-ethyl adjacent to an activating group) is 1. The molecule has 0 aromatic rings. The Hall–Kier alpha value is -0.120. The fourth-order valence-corrected chi connectivity index (χ4v) is 2.53. The zero-order valence-corrected chi connectivity index (χ0v) is 13.8. The second kappa shape index (κ2) is 12.9. The molecule has 0 spiro atoms. The molecular formula is C16H37N3. The molecule has 0 saturated carbocycles. The lowest BCUT2D eigenvalue weighted by Gasteiger charge is -2.31. The van der Waals surface area contributed by atoms with Gasteiger partial charge in [0.15, 0.2) is 0 Å². The van der Waals surface area contributed by atoms with Crippen molar-refractivity contribution in [3.63, 3.8) is 0 Å². The second-order valence-corrected chi connectivity index (χ2v) is 5.93. The molecule has 0 bridgehead atoms. The van der Waals surface area contributed by atoms with Crippen molar-refractivity contribution >= 4 is 0 Å². The molecule has 0 fully saturated rings. The summed E-state index contributed by atoms with van der Waals surface area (Å²) in [4.78, 5) is 4.86. The maximum absolute atomic E-state index is 6.00. The maximum Gasteiger partial charge on any atom is 0.0218 e. The van der Waals surface area contributed by atoms with Crippen molar-refractivity contribution in [1.82, 2.24) is 9.80 Å². The van der Waals surface area contributed by atoms with Crippen LogP contribution in [-0.4, -0.2) is 56.1 Å². The summed E-state index contributed by atoms with van der Waals surface area (Å²) in [6.07, 6.45) is 9.30. The van der Waals surface area contributed by atoms with Crippen LogP contribution < -0.4 is 5.73 Å². The number of hydrogen-bond donors (Lipinski definition) is 1. The highest BCUT2D eigenvalue weighted by molar-refractivity contribution is 4.73. The molecule has 116 valence electrons. The Morgan fingerprint density at radius 3 is 2.05 bits per heavy atom. The molecule has 0 amide bonds. The SMILES string of the molecule is CCCCCCCC(CN)N(CCC)CCN(C)C. The van der Waals surface area contributed by atoms with E-state index >= 15 is 0 Å². The molecular weight excluding hydrogens is 234 g/mol. The van der Waals surface area contributed by atoms with Crippen LogP contribution in [0.25, 0.3) is 0 Å². The van der Waals surface area contributed by atoms with Gasteiger partial charge in [-0.15, -0.1) is 0 Å². The first-order chi connectivity index (χ1) is 9.15. The van der Waals surface area contributed by atoms with Crippen LogP contribution in [0.5, 0.6) is 0 Å². The van der Waals surface area contributed by atoms with Crippen LogP contribution in [0.2, 0.25) is 0 Å². The monoisotopic (exact) mass is 271 g/mol. The van der Waals surface area contributed by atoms with Crippen LogP contribution in [0.15, 0.2) is 0 Å². The van der Waals surface area contributed by atoms with Crippen LogP contribution in [-0.2, 0) is 0 Å². The first kappa shape index (κ1) is 18.9. The van der Waals surface area contributed by atoms with Gasteiger partial charge in [-0.2, -0.15) is 0 Å². The van der Waals surface area contributed by atoms with E-state index in [4.69, 9.17) is 5.73 Å². The van der Waals surface area contributed by atoms with E-state index in [1.807, 2.05) is 0 Å². The van der Waals surface area contributed by atoms with Crippen LogP contribution >= 0.6 is 0 Å². The first-order valence-corrected chi connectivity index (χ1v) is 8.24. The average Bonchev–Trinajstić information content (AvgIpc) is 2.39. The molecule has 0 heterocycles. The molecule has 3 nitrogen and oxygen atoms in total. The van der Waals surface area contributed by atoms with E-state index in [2.05, 4.69) is 37.7 Å². The average molecular weight is 271 g/mol. The maximum atomic E-state index is 6.00. The third-order valence-corrected chi connectivity index (χ3v) is 3.77. The molecule has 0 saturated heterocycles. The quantitative estimate of drug-likeness (QED) is 0.523. The van der Waals surface area contributed by atoms with Gasteiger partial charge in [-0.05, 0) is 33.5 Å². The van der Waals surface area contributed by atoms with Crippen LogP contribution in [0, 0.1) is 0 Å². The van der Waals surface area contributed by atoms with Crippen LogP contribution in [0.3, 0.4) is 0 Å². The minimum absolute atomic E-state index is 0.585. The highest BCUT2D eigenvalue weighted by Gasteiger charge is 2.15. The van der Waals surface area contributed by atoms with Crippen molar-refractivity contribution in [1.29, 1.82) is 0 Å². The zero-order chi connectivity index (χ0) is 14.5. The predicted octanol–water partition coefficient (Wildman–Crippen LogP) is 2.95. The summed E-state index contributed by atoms with van der Waals surface area (Å²) in [5, 5.41) is 0. The molecule has 0 aliphatic heterocycles. The molecule has 0 radical (unpaired) electrons. The van der Waals surface area contributed by atoms with Gasteiger partial charge < -0.3 is 10.6 Å². The van der Waals surface area contributed by atoms with Gasteiger partial charge in [0.1, 0.15) is 0 Å². The molecule has 1 atom stereocenters. The van der Waals surface area contributed by atoms with Gasteiger partial charge in [-0.1, -0.05) is 46.0 Å². The third-order valence-electron chi connectivity index (χ3n) is 3.77. The first-order valence-electron chi connectivity index (χ1n) is 8.24. The summed E-state index contributed by atoms with van der Waals surface area (Å²) in [5.74, 6) is 0. The fraction of sp³-hybridized carbons (Fsp3) is 1.00. The summed E-state index contributed by atoms with van der Waals surface area (Å²) in [6, 6.07) is 0.585. The highest BCUT2D eigenvalue weighted by Crippen LogP contribution is 2.11. The fourth-order valence-electron chi connectivity index (χ4n) is 2.53. The van der Waals surface area contributed by atoms with Crippen molar-refractivity contribution in [2.45, 2.75) is 64.8 Å². The molecule has 19 heavy (non-hydrogen) atoms. The highest BCUT2D eigenvalue weighted by atomic mass is 15.2. The summed E-state index contributed by atoms with van der Waals surface area (Å²) < 4.78 is 0. The molecule has 0 aromatic heterocycles. The third kappa shape index (κ3) is 10.3. The molecule has 3 heteroatoms. The Labute approximate surface area is 121 Å². The summed E-state index contributed by atoms with van der Waals surface area (Å²) >= 11 is 0. The Morgan fingerprint density at radius 1 is 0.842 bits per heavy atom. The van der Waals surface area contributed by atoms with Gasteiger partial charge in [0.2, 0.25) is 0 Å². The van der Waals surface area contributed by atoms with E-state index in [1.54, 1.807) is 0 Å². The number of nitrogens with two attached hydrogens (primary N) is 1. The largest absolute Gasteiger partial charge is 0.329 e. The normalized spacial score (nSPS) is 13.4. The zero-order valence-electron chi connectivity index (χ0n) is 13.8. The standard InChI is InChI=1S/C16H37N3/c1-5-7-8-9-10-11-16(15-17)19(12-6-2)14-13-18(3)4/h16H,5-15,17H2,1-4H3. The van der Waals surface area contributed by atoms with Crippen LogP contribution in [0.4, 0.5) is 0 Å². The summed E-state index contributed by atoms with van der Waals surface area (Å²) in [7, 11) is 4.29. The van der Waals surface area contributed by atoms with E-state index in [1.165, 1.54) is 51.5 Å². The molecule has 0 aliphatic carbocycles. The van der Waals surface area contributed by atoms with E-state index < -0.39 is 0 Å². The van der Waals surface area contributed by atoms with E-state index in [-0.39, 0.29) is 0 Å². The van der Waals surface area contributed by atoms with Crippen molar-refractivity contribution in [3.8, 4) is 0 Å². The Balaban J connectivity index is 4.01. The number of nitrogens with zero attached hydrogens (tertiary/aromatic N) is 2. The Morgan fingerprint density at radius 2 is 1.53 bits per heavy atom. The lowest BCUT2D eigenvalue weighted by Crippen LogP contribution is -2.44. The smallest absolute Gasteiger partial charge is 0.0218 e. The van der Waals surface area contributed by atoms with Crippen molar-refractivity contribution < 1.29 is 0 Å². The molecule has 1 unspecified atom stereocenters. The number of hydrogen-bond acceptors (Lipinski definition) is 3. The Kier molecular flexibility index (Phi) is 12.8. The van der Waals surface area contributed by atoms with E-state index in [0.717, 1.165) is 19.6 Å². The minimum Gasteiger partial charge on any atom is -0.329 e. The number of rotatable bonds is 13. The lowest BCUT2D eigenvalue weighted by molar-refractivity contribution is 0.171. The Bertz CT molecular complexity index is 183. The van der Waals surface area contributed by atoms with Crippen molar-refractivity contribution in [2.24, 2.45) is 5.73 Å². The van der Waals surface area contributed by atoms with Crippen LogP contribution in [0.1, 0.15) is 58.8 Å². The van der Waals surface area contributed by atoms with Gasteiger partial charge in [0.25, 0.3) is 0 Å². The molecule has 0 aromatic carbocycles. The lowest BCUT2D eigenvalue weighted by atomic mass is 10.0. The minimum atomic E-state index is 0.585. The van der Waals surface area contributed by atoms with Gasteiger partial charge in [0, 0.05) is 25.7 Å². The van der Waals surface area contributed by atoms with Gasteiger partial charge in [-0.3, -0.25) is 4.90 Å². The molecule has 0 aliphatic rings.